The molecule has 0 radical (unpaired) electrons. The Balaban J connectivity index is 2.20. The number of aromatic nitrogens is 2. The number of hydrogen-bond donors (Lipinski definition) is 0. The molecule has 0 N–H and O–H groups in total. The van der Waals surface area contributed by atoms with Gasteiger partial charge >= 0.3 is 0 Å². The van der Waals surface area contributed by atoms with E-state index in [0.717, 1.165) is 11.4 Å². The SMILES string of the molecule is COc1cccc2cc(C3CC3)nn12. The van der Waals surface area contributed by atoms with Crippen LogP contribution in [0.4, 0.5) is 0 Å². The minimum Gasteiger partial charge on any atom is -0.481 e. The smallest absolute Gasteiger partial charge is 0.214 e. The minimum atomic E-state index is 0.694. The highest BCUT2D eigenvalue weighted by Crippen LogP contribution is 2.39. The van der Waals surface area contributed by atoms with Gasteiger partial charge in [0.25, 0.3) is 0 Å². The van der Waals surface area contributed by atoms with Gasteiger partial charge in [-0.1, -0.05) is 6.07 Å². The molecule has 1 aliphatic carbocycles. The molecular formula is C11H12N2O. The highest BCUT2D eigenvalue weighted by molar-refractivity contribution is 5.50. The van der Waals surface area contributed by atoms with Crippen molar-refractivity contribution in [3.8, 4) is 5.88 Å². The molecule has 14 heavy (non-hydrogen) atoms. The fourth-order valence-corrected chi connectivity index (χ4v) is 1.74. The van der Waals surface area contributed by atoms with E-state index in [2.05, 4.69) is 17.2 Å². The molecule has 0 spiro atoms. The molecule has 3 heteroatoms. The van der Waals surface area contributed by atoms with E-state index in [9.17, 15) is 0 Å². The van der Waals surface area contributed by atoms with E-state index in [-0.39, 0.29) is 0 Å². The van der Waals surface area contributed by atoms with Gasteiger partial charge in [0, 0.05) is 12.0 Å². The predicted octanol–water partition coefficient (Wildman–Crippen LogP) is 2.22. The summed E-state index contributed by atoms with van der Waals surface area (Å²) >= 11 is 0. The Kier molecular flexibility index (Phi) is 1.54. The second-order valence-electron chi connectivity index (χ2n) is 3.75. The first-order valence-electron chi connectivity index (χ1n) is 4.91. The molecule has 3 nitrogen and oxygen atoms in total. The van der Waals surface area contributed by atoms with Gasteiger partial charge in [0.1, 0.15) is 0 Å². The lowest BCUT2D eigenvalue weighted by Gasteiger charge is -2.01. The first kappa shape index (κ1) is 7.85. The molecule has 0 unspecified atom stereocenters. The molecule has 2 aromatic rings. The molecule has 2 aromatic heterocycles. The Morgan fingerprint density at radius 1 is 1.43 bits per heavy atom. The molecule has 1 fully saturated rings. The van der Waals surface area contributed by atoms with Crippen LogP contribution in [-0.2, 0) is 0 Å². The number of fused-ring (bicyclic) bond motifs is 1. The zero-order chi connectivity index (χ0) is 9.54. The van der Waals surface area contributed by atoms with E-state index in [1.807, 2.05) is 16.6 Å². The predicted molar refractivity (Wildman–Crippen MR) is 53.7 cm³/mol. The van der Waals surface area contributed by atoms with Crippen LogP contribution in [0.5, 0.6) is 5.88 Å². The second-order valence-corrected chi connectivity index (χ2v) is 3.75. The summed E-state index contributed by atoms with van der Waals surface area (Å²) in [6.45, 7) is 0. The monoisotopic (exact) mass is 188 g/mol. The zero-order valence-corrected chi connectivity index (χ0v) is 8.10. The molecule has 0 aromatic carbocycles. The number of pyridine rings is 1. The van der Waals surface area contributed by atoms with Crippen molar-refractivity contribution in [1.82, 2.24) is 9.61 Å². The molecule has 0 bridgehead atoms. The molecule has 3 rings (SSSR count). The van der Waals surface area contributed by atoms with Crippen LogP contribution >= 0.6 is 0 Å². The average Bonchev–Trinajstić information content (AvgIpc) is 2.97. The van der Waals surface area contributed by atoms with Crippen molar-refractivity contribution in [1.29, 1.82) is 0 Å². The number of hydrogen-bond acceptors (Lipinski definition) is 2. The van der Waals surface area contributed by atoms with Crippen LogP contribution in [0.15, 0.2) is 24.3 Å². The van der Waals surface area contributed by atoms with Crippen molar-refractivity contribution < 1.29 is 4.74 Å². The van der Waals surface area contributed by atoms with Crippen molar-refractivity contribution in [2.75, 3.05) is 7.11 Å². The molecule has 72 valence electrons. The fourth-order valence-electron chi connectivity index (χ4n) is 1.74. The average molecular weight is 188 g/mol. The molecule has 0 saturated heterocycles. The molecule has 1 saturated carbocycles. The maximum absolute atomic E-state index is 5.24. The molecule has 1 aliphatic rings. The summed E-state index contributed by atoms with van der Waals surface area (Å²) in [5, 5.41) is 4.54. The highest BCUT2D eigenvalue weighted by atomic mass is 16.5. The maximum Gasteiger partial charge on any atom is 0.214 e. The van der Waals surface area contributed by atoms with Crippen molar-refractivity contribution in [3.05, 3.63) is 30.0 Å². The van der Waals surface area contributed by atoms with Crippen LogP contribution in [0.3, 0.4) is 0 Å². The summed E-state index contributed by atoms with van der Waals surface area (Å²) in [5.74, 6) is 1.49. The number of rotatable bonds is 2. The van der Waals surface area contributed by atoms with Gasteiger partial charge in [0.15, 0.2) is 0 Å². The Morgan fingerprint density at radius 3 is 3.00 bits per heavy atom. The van der Waals surface area contributed by atoms with Gasteiger partial charge in [0.05, 0.1) is 18.3 Å². The van der Waals surface area contributed by atoms with Gasteiger partial charge < -0.3 is 4.74 Å². The van der Waals surface area contributed by atoms with Crippen molar-refractivity contribution in [3.63, 3.8) is 0 Å². The van der Waals surface area contributed by atoms with Crippen LogP contribution in [0.1, 0.15) is 24.5 Å². The first-order valence-corrected chi connectivity index (χ1v) is 4.91. The van der Waals surface area contributed by atoms with E-state index in [0.29, 0.717) is 5.92 Å². The standard InChI is InChI=1S/C11H12N2O/c1-14-11-4-2-3-9-7-10(8-5-6-8)12-13(9)11/h2-4,7-8H,5-6H2,1H3. The molecular weight excluding hydrogens is 176 g/mol. The fraction of sp³-hybridized carbons (Fsp3) is 0.364. The summed E-state index contributed by atoms with van der Waals surface area (Å²) in [5.41, 5.74) is 2.32. The lowest BCUT2D eigenvalue weighted by atomic mass is 10.3. The summed E-state index contributed by atoms with van der Waals surface area (Å²) in [6, 6.07) is 8.13. The number of ether oxygens (including phenoxy) is 1. The van der Waals surface area contributed by atoms with Gasteiger partial charge in [-0.15, -0.1) is 0 Å². The largest absolute Gasteiger partial charge is 0.481 e. The summed E-state index contributed by atoms with van der Waals surface area (Å²) in [7, 11) is 1.67. The Bertz CT molecular complexity index is 471. The van der Waals surface area contributed by atoms with Gasteiger partial charge in [0.2, 0.25) is 5.88 Å². The van der Waals surface area contributed by atoms with Crippen molar-refractivity contribution in [2.45, 2.75) is 18.8 Å². The lowest BCUT2D eigenvalue weighted by molar-refractivity contribution is 0.385. The van der Waals surface area contributed by atoms with E-state index in [1.165, 1.54) is 18.5 Å². The van der Waals surface area contributed by atoms with Crippen LogP contribution < -0.4 is 4.74 Å². The van der Waals surface area contributed by atoms with Crippen LogP contribution in [-0.4, -0.2) is 16.7 Å². The number of methoxy groups -OCH3 is 1. The number of nitrogens with zero attached hydrogens (tertiary/aromatic N) is 2. The Hall–Kier alpha value is -1.51. The second kappa shape index (κ2) is 2.74. The summed E-state index contributed by atoms with van der Waals surface area (Å²) in [4.78, 5) is 0. The molecule has 0 amide bonds. The maximum atomic E-state index is 5.24. The van der Waals surface area contributed by atoms with Crippen molar-refractivity contribution >= 4 is 5.52 Å². The van der Waals surface area contributed by atoms with E-state index < -0.39 is 0 Å². The van der Waals surface area contributed by atoms with Crippen molar-refractivity contribution in [2.24, 2.45) is 0 Å². The lowest BCUT2D eigenvalue weighted by Crippen LogP contribution is -1.95. The summed E-state index contributed by atoms with van der Waals surface area (Å²) in [6.07, 6.45) is 2.57. The zero-order valence-electron chi connectivity index (χ0n) is 8.10. The topological polar surface area (TPSA) is 26.5 Å². The van der Waals surface area contributed by atoms with Crippen LogP contribution in [0.25, 0.3) is 5.52 Å². The van der Waals surface area contributed by atoms with Crippen LogP contribution in [0.2, 0.25) is 0 Å². The first-order chi connectivity index (χ1) is 6.88. The third kappa shape index (κ3) is 1.09. The normalized spacial score (nSPS) is 16.1. The van der Waals surface area contributed by atoms with E-state index >= 15 is 0 Å². The molecule has 2 heterocycles. The highest BCUT2D eigenvalue weighted by Gasteiger charge is 2.26. The van der Waals surface area contributed by atoms with Gasteiger partial charge in [-0.05, 0) is 25.0 Å². The van der Waals surface area contributed by atoms with Gasteiger partial charge in [-0.3, -0.25) is 0 Å². The molecule has 0 aliphatic heterocycles. The van der Waals surface area contributed by atoms with E-state index in [1.54, 1.807) is 7.11 Å². The van der Waals surface area contributed by atoms with Gasteiger partial charge in [-0.2, -0.15) is 5.10 Å². The van der Waals surface area contributed by atoms with Crippen LogP contribution in [0, 0.1) is 0 Å². The molecule has 0 atom stereocenters. The third-order valence-corrected chi connectivity index (χ3v) is 2.68. The Morgan fingerprint density at radius 2 is 2.29 bits per heavy atom. The van der Waals surface area contributed by atoms with E-state index in [4.69, 9.17) is 4.74 Å². The Labute approximate surface area is 82.3 Å². The quantitative estimate of drug-likeness (QED) is 0.722. The summed E-state index contributed by atoms with van der Waals surface area (Å²) < 4.78 is 7.11. The van der Waals surface area contributed by atoms with Gasteiger partial charge in [-0.25, -0.2) is 4.52 Å². The minimum absolute atomic E-state index is 0.694. The third-order valence-electron chi connectivity index (χ3n) is 2.68.